The van der Waals surface area contributed by atoms with Crippen LogP contribution in [0.2, 0.25) is 0 Å². The number of fused-ring (bicyclic) bond motifs is 1. The second kappa shape index (κ2) is 7.50. The maximum absolute atomic E-state index is 14.0. The molecule has 2 heterocycles. The number of methoxy groups -OCH3 is 1. The lowest BCUT2D eigenvalue weighted by Crippen LogP contribution is -2.36. The van der Waals surface area contributed by atoms with Gasteiger partial charge >= 0.3 is 5.97 Å². The molecule has 0 radical (unpaired) electrons. The van der Waals surface area contributed by atoms with Gasteiger partial charge in [-0.15, -0.1) is 5.10 Å². The third-order valence-corrected chi connectivity index (χ3v) is 5.87. The van der Waals surface area contributed by atoms with Gasteiger partial charge in [0, 0.05) is 23.8 Å². The van der Waals surface area contributed by atoms with E-state index in [0.29, 0.717) is 30.1 Å². The fourth-order valence-corrected chi connectivity index (χ4v) is 4.54. The molecule has 1 aliphatic heterocycles. The lowest BCUT2D eigenvalue weighted by atomic mass is 9.73. The Morgan fingerprint density at radius 1 is 1.30 bits per heavy atom. The van der Waals surface area contributed by atoms with Gasteiger partial charge in [0.05, 0.1) is 12.9 Å². The first-order chi connectivity index (χ1) is 14.2. The predicted octanol–water partition coefficient (Wildman–Crippen LogP) is 3.48. The average molecular weight is 434 g/mol. The molecule has 0 unspecified atom stereocenters. The number of ether oxygens (including phenoxy) is 1. The number of nitrogens with one attached hydrogen (secondary N) is 1. The Labute approximate surface area is 175 Å². The molecule has 30 heavy (non-hydrogen) atoms. The van der Waals surface area contributed by atoms with Crippen molar-refractivity contribution in [2.75, 3.05) is 18.2 Å². The maximum atomic E-state index is 14.0. The van der Waals surface area contributed by atoms with Crippen LogP contribution >= 0.6 is 11.8 Å². The van der Waals surface area contributed by atoms with Crippen molar-refractivity contribution in [2.45, 2.75) is 37.9 Å². The van der Waals surface area contributed by atoms with E-state index < -0.39 is 23.6 Å². The number of halogens is 2. The number of aromatic nitrogens is 3. The summed E-state index contributed by atoms with van der Waals surface area (Å²) < 4.78 is 34.1. The topological polar surface area (TPSA) is 86.1 Å². The highest BCUT2D eigenvalue weighted by atomic mass is 32.2. The molecular formula is C20H20F2N4O3S. The summed E-state index contributed by atoms with van der Waals surface area (Å²) in [5, 5.41) is 7.86. The van der Waals surface area contributed by atoms with Crippen LogP contribution < -0.4 is 5.32 Å². The normalized spacial score (nSPS) is 19.8. The maximum Gasteiger partial charge on any atom is 0.316 e. The molecule has 1 atom stereocenters. The Kier molecular flexibility index (Phi) is 5.13. The number of carbonyl (C=O) groups excluding carboxylic acids is 2. The molecule has 1 aliphatic carbocycles. The molecule has 1 aromatic carbocycles. The van der Waals surface area contributed by atoms with Crippen molar-refractivity contribution in [3.8, 4) is 0 Å². The first kappa shape index (κ1) is 20.5. The van der Waals surface area contributed by atoms with Crippen LogP contribution in [0.3, 0.4) is 0 Å². The number of esters is 1. The molecule has 0 saturated carbocycles. The quantitative estimate of drug-likeness (QED) is 0.582. The molecule has 0 fully saturated rings. The number of ketones is 1. The van der Waals surface area contributed by atoms with Gasteiger partial charge in [0.25, 0.3) is 0 Å². The van der Waals surface area contributed by atoms with E-state index in [1.165, 1.54) is 23.9 Å². The third-order valence-electron chi connectivity index (χ3n) is 5.06. The largest absolute Gasteiger partial charge is 0.468 e. The first-order valence-electron chi connectivity index (χ1n) is 9.32. The predicted molar refractivity (Wildman–Crippen MR) is 106 cm³/mol. The molecule has 2 aromatic rings. The summed E-state index contributed by atoms with van der Waals surface area (Å²) in [6.45, 7) is 3.98. The van der Waals surface area contributed by atoms with Crippen LogP contribution in [0, 0.1) is 17.0 Å². The van der Waals surface area contributed by atoms with Crippen molar-refractivity contribution in [3.05, 3.63) is 46.7 Å². The molecule has 1 N–H and O–H groups in total. The zero-order chi connectivity index (χ0) is 21.6. The number of hydrogen-bond acceptors (Lipinski definition) is 7. The number of rotatable bonds is 4. The SMILES string of the molecule is COC(=O)CSc1nc2n(n1)[C@@H](c1cc(F)cc(F)c1)C1=C(CC(C)(C)CC1=O)N2. The lowest BCUT2D eigenvalue weighted by molar-refractivity contribution is -0.137. The molecule has 7 nitrogen and oxygen atoms in total. The van der Waals surface area contributed by atoms with E-state index in [4.69, 9.17) is 0 Å². The molecule has 158 valence electrons. The van der Waals surface area contributed by atoms with Gasteiger partial charge < -0.3 is 10.1 Å². The molecule has 1 aromatic heterocycles. The third kappa shape index (κ3) is 3.83. The van der Waals surface area contributed by atoms with E-state index in [-0.39, 0.29) is 27.7 Å². The first-order valence-corrected chi connectivity index (χ1v) is 10.3. The summed E-state index contributed by atoms with van der Waals surface area (Å²) in [5.74, 6) is -1.65. The minimum Gasteiger partial charge on any atom is -0.468 e. The van der Waals surface area contributed by atoms with Gasteiger partial charge in [-0.2, -0.15) is 4.98 Å². The molecule has 0 bridgehead atoms. The van der Waals surface area contributed by atoms with E-state index in [0.717, 1.165) is 17.8 Å². The van der Waals surface area contributed by atoms with Crippen LogP contribution in [0.5, 0.6) is 0 Å². The van der Waals surface area contributed by atoms with Crippen LogP contribution in [-0.4, -0.2) is 39.4 Å². The van der Waals surface area contributed by atoms with Gasteiger partial charge in [0.15, 0.2) is 5.78 Å². The van der Waals surface area contributed by atoms with Crippen molar-refractivity contribution in [1.82, 2.24) is 14.8 Å². The lowest BCUT2D eigenvalue weighted by Gasteiger charge is -2.38. The molecule has 0 spiro atoms. The number of nitrogens with zero attached hydrogens (tertiary/aromatic N) is 3. The van der Waals surface area contributed by atoms with Crippen molar-refractivity contribution in [1.29, 1.82) is 0 Å². The van der Waals surface area contributed by atoms with Crippen LogP contribution in [0.15, 0.2) is 34.6 Å². The fraction of sp³-hybridized carbons (Fsp3) is 0.400. The Morgan fingerprint density at radius 3 is 2.67 bits per heavy atom. The minimum atomic E-state index is -0.815. The highest BCUT2D eigenvalue weighted by molar-refractivity contribution is 7.99. The van der Waals surface area contributed by atoms with Gasteiger partial charge in [0.1, 0.15) is 17.7 Å². The molecule has 2 aliphatic rings. The number of carbonyl (C=O) groups is 2. The molecule has 10 heteroatoms. The summed E-state index contributed by atoms with van der Waals surface area (Å²) in [6, 6.07) is 2.36. The summed E-state index contributed by atoms with van der Waals surface area (Å²) >= 11 is 1.07. The smallest absolute Gasteiger partial charge is 0.316 e. The minimum absolute atomic E-state index is 0.0122. The second-order valence-electron chi connectivity index (χ2n) is 8.09. The Bertz CT molecular complexity index is 1060. The second-order valence-corrected chi connectivity index (χ2v) is 9.03. The van der Waals surface area contributed by atoms with E-state index >= 15 is 0 Å². The molecule has 4 rings (SSSR count). The Hall–Kier alpha value is -2.75. The average Bonchev–Trinajstić information content (AvgIpc) is 3.04. The fourth-order valence-electron chi connectivity index (χ4n) is 3.87. The molecule has 0 amide bonds. The van der Waals surface area contributed by atoms with Crippen LogP contribution in [0.25, 0.3) is 0 Å². The van der Waals surface area contributed by atoms with Crippen LogP contribution in [-0.2, 0) is 14.3 Å². The number of thioether (sulfide) groups is 1. The standard InChI is InChI=1S/C20H20F2N4O3S/c1-20(2)7-13-16(14(27)8-20)17(10-4-11(21)6-12(22)5-10)26-18(23-13)24-19(25-26)30-9-15(28)29-3/h4-6,17H,7-9H2,1-3H3,(H,23,24,25)/t17-/m0/s1. The van der Waals surface area contributed by atoms with Crippen molar-refractivity contribution >= 4 is 29.5 Å². The number of hydrogen-bond donors (Lipinski definition) is 1. The summed E-state index contributed by atoms with van der Waals surface area (Å²) in [5.41, 5.74) is 1.12. The highest BCUT2D eigenvalue weighted by Gasteiger charge is 2.42. The van der Waals surface area contributed by atoms with Crippen LogP contribution in [0.4, 0.5) is 14.7 Å². The highest BCUT2D eigenvalue weighted by Crippen LogP contribution is 2.45. The van der Waals surface area contributed by atoms with E-state index in [1.807, 2.05) is 13.8 Å². The number of anilines is 1. The van der Waals surface area contributed by atoms with Gasteiger partial charge in [-0.05, 0) is 29.5 Å². The Balaban J connectivity index is 1.81. The van der Waals surface area contributed by atoms with Crippen molar-refractivity contribution < 1.29 is 23.1 Å². The number of allylic oxidation sites excluding steroid dienone is 2. The van der Waals surface area contributed by atoms with E-state index in [2.05, 4.69) is 20.1 Å². The summed E-state index contributed by atoms with van der Waals surface area (Å²) in [6.07, 6.45) is 0.898. The number of benzene rings is 1. The van der Waals surface area contributed by atoms with Crippen LogP contribution in [0.1, 0.15) is 38.3 Å². The van der Waals surface area contributed by atoms with E-state index in [9.17, 15) is 18.4 Å². The molecular weight excluding hydrogens is 414 g/mol. The van der Waals surface area contributed by atoms with E-state index in [1.54, 1.807) is 0 Å². The zero-order valence-corrected chi connectivity index (χ0v) is 17.5. The Morgan fingerprint density at radius 2 is 2.00 bits per heavy atom. The van der Waals surface area contributed by atoms with Gasteiger partial charge in [-0.3, -0.25) is 9.59 Å². The van der Waals surface area contributed by atoms with Gasteiger partial charge in [-0.1, -0.05) is 25.6 Å². The summed E-state index contributed by atoms with van der Waals surface area (Å²) in [7, 11) is 1.29. The number of Topliss-reactive ketones (excluding diaryl/α,β-unsaturated/α-hetero) is 1. The van der Waals surface area contributed by atoms with Gasteiger partial charge in [0.2, 0.25) is 11.1 Å². The zero-order valence-electron chi connectivity index (χ0n) is 16.7. The molecule has 0 saturated heterocycles. The van der Waals surface area contributed by atoms with Gasteiger partial charge in [-0.25, -0.2) is 13.5 Å². The van der Waals surface area contributed by atoms with Crippen molar-refractivity contribution in [2.24, 2.45) is 5.41 Å². The monoisotopic (exact) mass is 434 g/mol. The summed E-state index contributed by atoms with van der Waals surface area (Å²) in [4.78, 5) is 28.9. The van der Waals surface area contributed by atoms with Crippen molar-refractivity contribution in [3.63, 3.8) is 0 Å².